The summed E-state index contributed by atoms with van der Waals surface area (Å²) in [7, 11) is 0. The molecule has 0 aliphatic heterocycles. The summed E-state index contributed by atoms with van der Waals surface area (Å²) in [4.78, 5) is 23.9. The van der Waals surface area contributed by atoms with Crippen LogP contribution in [-0.4, -0.2) is 16.9 Å². The molecule has 3 heteroatoms. The van der Waals surface area contributed by atoms with E-state index in [2.05, 4.69) is 41.5 Å². The zero-order valence-corrected chi connectivity index (χ0v) is 22.1. The number of Topliss-reactive ketones (excluding diaryl/α,β-unsaturated/α-hetero) is 1. The molecule has 0 aromatic heterocycles. The summed E-state index contributed by atoms with van der Waals surface area (Å²) in [6.07, 6.45) is 13.0. The van der Waals surface area contributed by atoms with E-state index in [-0.39, 0.29) is 16.2 Å². The first-order valence-corrected chi connectivity index (χ1v) is 13.5. The van der Waals surface area contributed by atoms with Gasteiger partial charge >= 0.3 is 5.97 Å². The number of rotatable bonds is 5. The van der Waals surface area contributed by atoms with Crippen LogP contribution in [0, 0.1) is 39.4 Å². The molecular weight excluding hydrogens is 408 g/mol. The predicted octanol–water partition coefficient (Wildman–Crippen LogP) is 7.75. The van der Waals surface area contributed by atoms with E-state index in [4.69, 9.17) is 5.11 Å². The molecule has 2 unspecified atom stereocenters. The lowest BCUT2D eigenvalue weighted by molar-refractivity contribution is -0.139. The van der Waals surface area contributed by atoms with Crippen molar-refractivity contribution in [3.8, 4) is 0 Å². The molecule has 4 aliphatic carbocycles. The number of hydrogen-bond donors (Lipinski definition) is 1. The number of aliphatic carboxylic acids is 1. The van der Waals surface area contributed by atoms with E-state index in [0.29, 0.717) is 34.5 Å². The number of hydrogen-bond acceptors (Lipinski definition) is 2. The molecular formula is C30H46O3. The molecule has 0 spiro atoms. The summed E-state index contributed by atoms with van der Waals surface area (Å²) >= 11 is 0. The highest BCUT2D eigenvalue weighted by atomic mass is 16.4. The van der Waals surface area contributed by atoms with Gasteiger partial charge in [-0.15, -0.1) is 0 Å². The highest BCUT2D eigenvalue weighted by molar-refractivity contribution is 5.86. The van der Waals surface area contributed by atoms with Crippen molar-refractivity contribution in [2.75, 3.05) is 0 Å². The summed E-state index contributed by atoms with van der Waals surface area (Å²) < 4.78 is 0. The minimum Gasteiger partial charge on any atom is -0.478 e. The van der Waals surface area contributed by atoms with E-state index in [0.717, 1.165) is 25.7 Å². The fraction of sp³-hybridized carbons (Fsp3) is 0.800. The summed E-state index contributed by atoms with van der Waals surface area (Å²) in [5.74, 6) is 1.47. The first kappa shape index (κ1) is 24.7. The predicted molar refractivity (Wildman–Crippen MR) is 134 cm³/mol. The zero-order chi connectivity index (χ0) is 24.4. The molecule has 0 aromatic carbocycles. The molecule has 2 saturated carbocycles. The summed E-state index contributed by atoms with van der Waals surface area (Å²) in [5.41, 5.74) is 4.58. The highest BCUT2D eigenvalue weighted by Crippen LogP contribution is 2.72. The number of ketones is 1. The monoisotopic (exact) mass is 454 g/mol. The lowest BCUT2D eigenvalue weighted by atomic mass is 9.43. The fourth-order valence-electron chi connectivity index (χ4n) is 9.29. The van der Waals surface area contributed by atoms with Crippen LogP contribution in [0.1, 0.15) is 113 Å². The van der Waals surface area contributed by atoms with Crippen LogP contribution in [0.15, 0.2) is 22.8 Å². The van der Waals surface area contributed by atoms with Crippen LogP contribution in [-0.2, 0) is 9.59 Å². The van der Waals surface area contributed by atoms with Crippen molar-refractivity contribution in [2.24, 2.45) is 39.4 Å². The van der Waals surface area contributed by atoms with Gasteiger partial charge in [0.25, 0.3) is 0 Å². The second-order valence-electron chi connectivity index (χ2n) is 13.3. The molecule has 0 aromatic rings. The Bertz CT molecular complexity index is 908. The number of allylic oxidation sites excluding steroid dienone is 3. The molecule has 184 valence electrons. The molecule has 6 atom stereocenters. The van der Waals surface area contributed by atoms with Gasteiger partial charge in [-0.3, -0.25) is 4.79 Å². The molecule has 0 bridgehead atoms. The van der Waals surface area contributed by atoms with Crippen LogP contribution < -0.4 is 0 Å². The molecule has 2 fully saturated rings. The maximum Gasteiger partial charge on any atom is 0.330 e. The van der Waals surface area contributed by atoms with Gasteiger partial charge in [-0.25, -0.2) is 4.79 Å². The second kappa shape index (κ2) is 8.09. The molecule has 4 aliphatic rings. The van der Waals surface area contributed by atoms with E-state index < -0.39 is 5.97 Å². The fourth-order valence-corrected chi connectivity index (χ4v) is 9.29. The van der Waals surface area contributed by atoms with E-state index in [1.54, 1.807) is 18.1 Å². The van der Waals surface area contributed by atoms with E-state index in [1.165, 1.54) is 38.5 Å². The lowest BCUT2D eigenvalue weighted by Crippen LogP contribution is -2.53. The maximum atomic E-state index is 12.8. The third kappa shape index (κ3) is 3.50. The maximum absolute atomic E-state index is 12.8. The number of carboxylic acids is 1. The number of carbonyl (C=O) groups is 2. The quantitative estimate of drug-likeness (QED) is 0.341. The Morgan fingerprint density at radius 2 is 1.73 bits per heavy atom. The van der Waals surface area contributed by atoms with Crippen LogP contribution >= 0.6 is 0 Å². The van der Waals surface area contributed by atoms with Crippen molar-refractivity contribution in [3.63, 3.8) is 0 Å². The van der Waals surface area contributed by atoms with Crippen molar-refractivity contribution < 1.29 is 14.7 Å². The minimum atomic E-state index is -0.800. The van der Waals surface area contributed by atoms with Gasteiger partial charge in [-0.05, 0) is 98.7 Å². The van der Waals surface area contributed by atoms with Gasteiger partial charge in [-0.1, -0.05) is 58.8 Å². The average Bonchev–Trinajstić information content (AvgIpc) is 3.02. The van der Waals surface area contributed by atoms with Gasteiger partial charge in [0.15, 0.2) is 0 Å². The number of carboxylic acid groups (broad SMARTS) is 1. The van der Waals surface area contributed by atoms with Gasteiger partial charge in [0.1, 0.15) is 5.78 Å². The Balaban J connectivity index is 1.61. The van der Waals surface area contributed by atoms with Crippen molar-refractivity contribution in [3.05, 3.63) is 22.8 Å². The van der Waals surface area contributed by atoms with Crippen molar-refractivity contribution >= 4 is 11.8 Å². The van der Waals surface area contributed by atoms with Crippen LogP contribution in [0.3, 0.4) is 0 Å². The smallest absolute Gasteiger partial charge is 0.330 e. The van der Waals surface area contributed by atoms with Gasteiger partial charge in [-0.2, -0.15) is 0 Å². The normalized spacial score (nSPS) is 41.3. The third-order valence-electron chi connectivity index (χ3n) is 11.7. The van der Waals surface area contributed by atoms with E-state index >= 15 is 0 Å². The summed E-state index contributed by atoms with van der Waals surface area (Å²) in [6, 6.07) is 0. The van der Waals surface area contributed by atoms with Crippen LogP contribution in [0.2, 0.25) is 0 Å². The summed E-state index contributed by atoms with van der Waals surface area (Å²) in [6.45, 7) is 16.2. The number of carbonyl (C=O) groups excluding carboxylic acids is 1. The SMILES string of the molecule is CC(=CCCC(C)[C@@H]1CC[C@]2(C)C3=C(CC[C@@]12C)[C@@]1(C)CCC(=O)C(C)(C)C1CC3)C(=O)O. The Labute approximate surface area is 201 Å². The molecule has 0 heterocycles. The molecule has 0 amide bonds. The highest BCUT2D eigenvalue weighted by Gasteiger charge is 2.63. The molecule has 4 rings (SSSR count). The van der Waals surface area contributed by atoms with Crippen LogP contribution in [0.25, 0.3) is 0 Å². The Morgan fingerprint density at radius 1 is 1.03 bits per heavy atom. The van der Waals surface area contributed by atoms with Crippen LogP contribution in [0.5, 0.6) is 0 Å². The molecule has 1 N–H and O–H groups in total. The van der Waals surface area contributed by atoms with E-state index in [9.17, 15) is 9.59 Å². The van der Waals surface area contributed by atoms with E-state index in [1.807, 2.05) is 6.08 Å². The van der Waals surface area contributed by atoms with Crippen molar-refractivity contribution in [1.29, 1.82) is 0 Å². The standard InChI is InChI=1S/C30H46O3/c1-19(9-8-10-20(2)26(32)33)21-13-17-30(7)23-11-12-24-27(3,4)25(31)15-16-28(24,5)22(23)14-18-29(21,30)6/h10,19,21,24H,8-9,11-18H2,1-7H3,(H,32,33)/t19?,21-,24?,28+,29-,30+/m0/s1. The van der Waals surface area contributed by atoms with Crippen molar-refractivity contribution in [1.82, 2.24) is 0 Å². The second-order valence-corrected chi connectivity index (χ2v) is 13.3. The first-order chi connectivity index (χ1) is 15.3. The van der Waals surface area contributed by atoms with Gasteiger partial charge in [0.2, 0.25) is 0 Å². The average molecular weight is 455 g/mol. The first-order valence-electron chi connectivity index (χ1n) is 13.5. The zero-order valence-electron chi connectivity index (χ0n) is 22.1. The number of fused-ring (bicyclic) bond motifs is 4. The molecule has 0 saturated heterocycles. The van der Waals surface area contributed by atoms with Crippen LogP contribution in [0.4, 0.5) is 0 Å². The topological polar surface area (TPSA) is 54.4 Å². The van der Waals surface area contributed by atoms with Gasteiger partial charge < -0.3 is 5.11 Å². The van der Waals surface area contributed by atoms with Crippen molar-refractivity contribution in [2.45, 2.75) is 113 Å². The minimum absolute atomic E-state index is 0.193. The molecule has 0 radical (unpaired) electrons. The van der Waals surface area contributed by atoms with Gasteiger partial charge in [0, 0.05) is 17.4 Å². The third-order valence-corrected chi connectivity index (χ3v) is 11.7. The molecule has 33 heavy (non-hydrogen) atoms. The van der Waals surface area contributed by atoms with Gasteiger partial charge in [0.05, 0.1) is 0 Å². The Morgan fingerprint density at radius 3 is 2.39 bits per heavy atom. The Kier molecular flexibility index (Phi) is 6.07. The lowest BCUT2D eigenvalue weighted by Gasteiger charge is -2.61. The molecule has 3 nitrogen and oxygen atoms in total. The summed E-state index contributed by atoms with van der Waals surface area (Å²) in [5, 5.41) is 9.16. The largest absolute Gasteiger partial charge is 0.478 e. The Hall–Kier alpha value is -1.38.